The van der Waals surface area contributed by atoms with Gasteiger partial charge in [0.05, 0.1) is 7.11 Å². The average Bonchev–Trinajstić information content (AvgIpc) is 2.29. The summed E-state index contributed by atoms with van der Waals surface area (Å²) in [6.45, 7) is 0. The molecule has 0 unspecified atom stereocenters. The average molecular weight is 217 g/mol. The molecule has 3 nitrogen and oxygen atoms in total. The van der Waals surface area contributed by atoms with Crippen molar-refractivity contribution in [3.05, 3.63) is 29.8 Å². The van der Waals surface area contributed by atoms with Crippen molar-refractivity contribution < 1.29 is 9.53 Å². The summed E-state index contributed by atoms with van der Waals surface area (Å²) in [5.41, 5.74) is 1.99. The molecule has 0 saturated heterocycles. The molecule has 0 bridgehead atoms. The first-order valence-electron chi connectivity index (χ1n) is 4.96. The van der Waals surface area contributed by atoms with Crippen molar-refractivity contribution >= 4 is 11.7 Å². The molecule has 0 saturated carbocycles. The summed E-state index contributed by atoms with van der Waals surface area (Å²) in [5, 5.41) is 0. The number of methoxy groups -OCH3 is 1. The summed E-state index contributed by atoms with van der Waals surface area (Å²) in [6, 6.07) is 7.84. The summed E-state index contributed by atoms with van der Waals surface area (Å²) >= 11 is 0. The summed E-state index contributed by atoms with van der Waals surface area (Å²) in [4.78, 5) is 12.8. The van der Waals surface area contributed by atoms with E-state index < -0.39 is 0 Å². The van der Waals surface area contributed by atoms with Crippen LogP contribution in [0, 0.1) is 11.8 Å². The molecule has 1 aromatic rings. The minimum atomic E-state index is -0.309. The number of anilines is 1. The third-order valence-corrected chi connectivity index (χ3v) is 2.06. The lowest BCUT2D eigenvalue weighted by Gasteiger charge is -2.11. The first-order valence-corrected chi connectivity index (χ1v) is 4.96. The Balaban J connectivity index is 2.73. The van der Waals surface area contributed by atoms with Crippen LogP contribution in [0.15, 0.2) is 24.3 Å². The zero-order chi connectivity index (χ0) is 12.0. The monoisotopic (exact) mass is 217 g/mol. The van der Waals surface area contributed by atoms with E-state index in [0.29, 0.717) is 0 Å². The molecule has 0 aliphatic carbocycles. The zero-order valence-electron chi connectivity index (χ0n) is 9.78. The highest BCUT2D eigenvalue weighted by Crippen LogP contribution is 2.12. The van der Waals surface area contributed by atoms with Crippen molar-refractivity contribution in [1.29, 1.82) is 0 Å². The summed E-state index contributed by atoms with van der Waals surface area (Å²) in [6.07, 6.45) is 0.128. The summed E-state index contributed by atoms with van der Waals surface area (Å²) < 4.78 is 4.50. The van der Waals surface area contributed by atoms with Crippen molar-refractivity contribution in [3.63, 3.8) is 0 Å². The molecule has 3 heteroatoms. The predicted octanol–water partition coefficient (Wildman–Crippen LogP) is 1.67. The van der Waals surface area contributed by atoms with Gasteiger partial charge in [-0.3, -0.25) is 4.79 Å². The number of benzene rings is 1. The molecule has 0 atom stereocenters. The van der Waals surface area contributed by atoms with Gasteiger partial charge in [0.1, 0.15) is 6.42 Å². The maximum Gasteiger partial charge on any atom is 0.317 e. The van der Waals surface area contributed by atoms with Gasteiger partial charge in [-0.25, -0.2) is 0 Å². The molecule has 0 spiro atoms. The van der Waals surface area contributed by atoms with Gasteiger partial charge in [-0.1, -0.05) is 17.9 Å². The molecule has 0 N–H and O–H groups in total. The van der Waals surface area contributed by atoms with Crippen LogP contribution in [-0.2, 0) is 9.53 Å². The minimum Gasteiger partial charge on any atom is -0.468 e. The second-order valence-corrected chi connectivity index (χ2v) is 3.50. The lowest BCUT2D eigenvalue weighted by Crippen LogP contribution is -2.08. The van der Waals surface area contributed by atoms with Crippen LogP contribution >= 0.6 is 0 Å². The molecule has 0 aliphatic heterocycles. The Hall–Kier alpha value is -1.95. The van der Waals surface area contributed by atoms with Crippen LogP contribution in [-0.4, -0.2) is 27.2 Å². The molecule has 0 fully saturated rings. The lowest BCUT2D eigenvalue weighted by atomic mass is 10.2. The second-order valence-electron chi connectivity index (χ2n) is 3.50. The van der Waals surface area contributed by atoms with E-state index in [1.807, 2.05) is 43.3 Å². The van der Waals surface area contributed by atoms with Crippen LogP contribution in [0.3, 0.4) is 0 Å². The Labute approximate surface area is 96.0 Å². The topological polar surface area (TPSA) is 29.5 Å². The largest absolute Gasteiger partial charge is 0.468 e. The molecular weight excluding hydrogens is 202 g/mol. The Morgan fingerprint density at radius 3 is 2.81 bits per heavy atom. The number of hydrogen-bond donors (Lipinski definition) is 0. The van der Waals surface area contributed by atoms with Gasteiger partial charge in [-0.2, -0.15) is 0 Å². The fourth-order valence-electron chi connectivity index (χ4n) is 1.15. The SMILES string of the molecule is COC(=O)CC#Cc1cccc(N(C)C)c1. The van der Waals surface area contributed by atoms with Crippen LogP contribution < -0.4 is 4.90 Å². The smallest absolute Gasteiger partial charge is 0.317 e. The molecule has 0 amide bonds. The molecular formula is C13H15NO2. The highest BCUT2D eigenvalue weighted by Gasteiger charge is 1.96. The third-order valence-electron chi connectivity index (χ3n) is 2.06. The van der Waals surface area contributed by atoms with Gasteiger partial charge in [-0.15, -0.1) is 0 Å². The quantitative estimate of drug-likeness (QED) is 0.557. The van der Waals surface area contributed by atoms with Crippen LogP contribution in [0.2, 0.25) is 0 Å². The highest BCUT2D eigenvalue weighted by molar-refractivity contribution is 5.72. The van der Waals surface area contributed by atoms with E-state index in [9.17, 15) is 4.79 Å². The van der Waals surface area contributed by atoms with Crippen LogP contribution in [0.4, 0.5) is 5.69 Å². The maximum absolute atomic E-state index is 10.8. The highest BCUT2D eigenvalue weighted by atomic mass is 16.5. The van der Waals surface area contributed by atoms with Crippen LogP contribution in [0.25, 0.3) is 0 Å². The van der Waals surface area contributed by atoms with Crippen LogP contribution in [0.5, 0.6) is 0 Å². The Morgan fingerprint density at radius 2 is 2.19 bits per heavy atom. The number of ether oxygens (including phenoxy) is 1. The first-order chi connectivity index (χ1) is 7.63. The van der Waals surface area contributed by atoms with E-state index in [-0.39, 0.29) is 12.4 Å². The van der Waals surface area contributed by atoms with Gasteiger partial charge in [-0.05, 0) is 18.2 Å². The number of nitrogens with zero attached hydrogens (tertiary/aromatic N) is 1. The van der Waals surface area contributed by atoms with Crippen molar-refractivity contribution in [1.82, 2.24) is 0 Å². The van der Waals surface area contributed by atoms with Crippen LogP contribution in [0.1, 0.15) is 12.0 Å². The Morgan fingerprint density at radius 1 is 1.44 bits per heavy atom. The molecule has 0 aromatic heterocycles. The van der Waals surface area contributed by atoms with Gasteiger partial charge >= 0.3 is 5.97 Å². The molecule has 16 heavy (non-hydrogen) atoms. The van der Waals surface area contributed by atoms with E-state index in [0.717, 1.165) is 11.3 Å². The molecule has 1 rings (SSSR count). The minimum absolute atomic E-state index is 0.128. The van der Waals surface area contributed by atoms with Gasteiger partial charge in [0, 0.05) is 25.3 Å². The fourth-order valence-corrected chi connectivity index (χ4v) is 1.15. The van der Waals surface area contributed by atoms with Gasteiger partial charge in [0.15, 0.2) is 0 Å². The summed E-state index contributed by atoms with van der Waals surface area (Å²) in [5.74, 6) is 5.39. The molecule has 0 heterocycles. The van der Waals surface area contributed by atoms with Crippen molar-refractivity contribution in [2.24, 2.45) is 0 Å². The number of rotatable bonds is 2. The number of hydrogen-bond acceptors (Lipinski definition) is 3. The second kappa shape index (κ2) is 5.82. The van der Waals surface area contributed by atoms with Gasteiger partial charge < -0.3 is 9.64 Å². The molecule has 84 valence electrons. The van der Waals surface area contributed by atoms with Gasteiger partial charge in [0.2, 0.25) is 0 Å². The third kappa shape index (κ3) is 3.66. The van der Waals surface area contributed by atoms with E-state index in [1.54, 1.807) is 0 Å². The van der Waals surface area contributed by atoms with Gasteiger partial charge in [0.25, 0.3) is 0 Å². The predicted molar refractivity (Wildman–Crippen MR) is 64.3 cm³/mol. The number of esters is 1. The normalized spacial score (nSPS) is 8.94. The van der Waals surface area contributed by atoms with Crippen molar-refractivity contribution in [3.8, 4) is 11.8 Å². The first kappa shape index (κ1) is 12.1. The Bertz CT molecular complexity index is 427. The van der Waals surface area contributed by atoms with E-state index in [1.165, 1.54) is 7.11 Å². The lowest BCUT2D eigenvalue weighted by molar-refractivity contribution is -0.139. The van der Waals surface area contributed by atoms with Crippen molar-refractivity contribution in [2.45, 2.75) is 6.42 Å². The zero-order valence-corrected chi connectivity index (χ0v) is 9.78. The maximum atomic E-state index is 10.8. The standard InChI is InChI=1S/C13H15NO2/c1-14(2)12-8-4-6-11(10-12)7-5-9-13(15)16-3/h4,6,8,10H,9H2,1-3H3. The van der Waals surface area contributed by atoms with E-state index in [4.69, 9.17) is 0 Å². The fraction of sp³-hybridized carbons (Fsp3) is 0.308. The number of carbonyl (C=O) groups excluding carboxylic acids is 1. The Kier molecular flexibility index (Phi) is 4.41. The van der Waals surface area contributed by atoms with E-state index >= 15 is 0 Å². The van der Waals surface area contributed by atoms with Crippen molar-refractivity contribution in [2.75, 3.05) is 26.1 Å². The van der Waals surface area contributed by atoms with E-state index in [2.05, 4.69) is 16.6 Å². The molecule has 1 aromatic carbocycles. The number of carbonyl (C=O) groups is 1. The molecule has 0 aliphatic rings. The summed E-state index contributed by atoms with van der Waals surface area (Å²) in [7, 11) is 5.30. The molecule has 0 radical (unpaired) electrons.